The third kappa shape index (κ3) is 3.14. The number of rotatable bonds is 2. The quantitative estimate of drug-likeness (QED) is 0.667. The maximum absolute atomic E-state index is 5.11. The van der Waals surface area contributed by atoms with Crippen LogP contribution < -0.4 is 10.6 Å². The van der Waals surface area contributed by atoms with E-state index < -0.39 is 0 Å². The number of nitrogens with one attached hydrogen (secondary N) is 2. The fourth-order valence-corrected chi connectivity index (χ4v) is 2.28. The molecule has 0 aromatic rings. The van der Waals surface area contributed by atoms with Gasteiger partial charge in [0.05, 0.1) is 0 Å². The molecule has 0 aromatic carbocycles. The first-order valence-corrected chi connectivity index (χ1v) is 5.67. The Balaban J connectivity index is 2.40. The molecule has 13 heavy (non-hydrogen) atoms. The molecule has 3 heteroatoms. The fraction of sp³-hybridized carbons (Fsp3) is 0.900. The zero-order chi connectivity index (χ0) is 9.68. The van der Waals surface area contributed by atoms with Gasteiger partial charge in [0.15, 0.2) is 5.11 Å². The van der Waals surface area contributed by atoms with Gasteiger partial charge in [-0.3, -0.25) is 0 Å². The van der Waals surface area contributed by atoms with Crippen LogP contribution in [0.3, 0.4) is 0 Å². The summed E-state index contributed by atoms with van der Waals surface area (Å²) in [6.07, 6.45) is 6.65. The van der Waals surface area contributed by atoms with Crippen molar-refractivity contribution in [3.05, 3.63) is 0 Å². The average molecular weight is 200 g/mol. The first-order chi connectivity index (χ1) is 6.27. The van der Waals surface area contributed by atoms with Crippen LogP contribution in [0.25, 0.3) is 0 Å². The SMILES string of the molecule is CCC1CCCCC1NC(=S)NC. The minimum absolute atomic E-state index is 0.610. The third-order valence-corrected chi connectivity index (χ3v) is 3.30. The molecule has 2 N–H and O–H groups in total. The van der Waals surface area contributed by atoms with E-state index in [1.54, 1.807) is 0 Å². The molecule has 1 aliphatic carbocycles. The van der Waals surface area contributed by atoms with Crippen LogP contribution in [0, 0.1) is 5.92 Å². The van der Waals surface area contributed by atoms with E-state index in [1.807, 2.05) is 7.05 Å². The molecule has 1 saturated carbocycles. The van der Waals surface area contributed by atoms with Crippen LogP contribution in [0.1, 0.15) is 39.0 Å². The van der Waals surface area contributed by atoms with Crippen LogP contribution >= 0.6 is 12.2 Å². The molecule has 0 radical (unpaired) electrons. The Morgan fingerprint density at radius 3 is 2.69 bits per heavy atom. The van der Waals surface area contributed by atoms with Crippen molar-refractivity contribution < 1.29 is 0 Å². The Labute approximate surface area is 86.5 Å². The lowest BCUT2D eigenvalue weighted by Crippen LogP contribution is -2.45. The highest BCUT2D eigenvalue weighted by atomic mass is 32.1. The molecule has 2 nitrogen and oxygen atoms in total. The van der Waals surface area contributed by atoms with Gasteiger partial charge in [-0.1, -0.05) is 26.2 Å². The Hall–Kier alpha value is -0.310. The highest BCUT2D eigenvalue weighted by Gasteiger charge is 2.23. The van der Waals surface area contributed by atoms with Crippen molar-refractivity contribution in [3.63, 3.8) is 0 Å². The topological polar surface area (TPSA) is 24.1 Å². The molecule has 76 valence electrons. The first kappa shape index (κ1) is 10.8. The van der Waals surface area contributed by atoms with E-state index in [-0.39, 0.29) is 0 Å². The first-order valence-electron chi connectivity index (χ1n) is 5.26. The van der Waals surface area contributed by atoms with Crippen molar-refractivity contribution in [2.24, 2.45) is 5.92 Å². The van der Waals surface area contributed by atoms with Crippen LogP contribution in [-0.2, 0) is 0 Å². The van der Waals surface area contributed by atoms with E-state index in [0.29, 0.717) is 6.04 Å². The number of thiocarbonyl (C=S) groups is 1. The van der Waals surface area contributed by atoms with Crippen molar-refractivity contribution in [3.8, 4) is 0 Å². The number of hydrogen-bond donors (Lipinski definition) is 2. The molecule has 0 aromatic heterocycles. The number of hydrogen-bond acceptors (Lipinski definition) is 1. The molecule has 0 amide bonds. The zero-order valence-corrected chi connectivity index (χ0v) is 9.41. The second kappa shape index (κ2) is 5.43. The standard InChI is InChI=1S/C10H20N2S/c1-3-8-6-4-5-7-9(8)12-10(13)11-2/h8-9H,3-7H2,1-2H3,(H2,11,12,13). The predicted octanol–water partition coefficient (Wildman–Crippen LogP) is 2.05. The van der Waals surface area contributed by atoms with Crippen molar-refractivity contribution in [1.82, 2.24) is 10.6 Å². The Morgan fingerprint density at radius 2 is 2.08 bits per heavy atom. The molecule has 0 aliphatic heterocycles. The molecule has 0 spiro atoms. The zero-order valence-electron chi connectivity index (χ0n) is 8.60. The Kier molecular flexibility index (Phi) is 4.50. The van der Waals surface area contributed by atoms with Crippen LogP contribution in [0.2, 0.25) is 0 Å². The van der Waals surface area contributed by atoms with E-state index in [9.17, 15) is 0 Å². The summed E-state index contributed by atoms with van der Waals surface area (Å²) in [5.74, 6) is 0.819. The largest absolute Gasteiger partial charge is 0.366 e. The van der Waals surface area contributed by atoms with E-state index in [0.717, 1.165) is 11.0 Å². The van der Waals surface area contributed by atoms with Crippen molar-refractivity contribution in [1.29, 1.82) is 0 Å². The van der Waals surface area contributed by atoms with Gasteiger partial charge in [0.2, 0.25) is 0 Å². The second-order valence-corrected chi connectivity index (χ2v) is 4.19. The van der Waals surface area contributed by atoms with Gasteiger partial charge in [0.25, 0.3) is 0 Å². The lowest BCUT2D eigenvalue weighted by Gasteiger charge is -2.32. The molecule has 0 saturated heterocycles. The van der Waals surface area contributed by atoms with Gasteiger partial charge in [-0.25, -0.2) is 0 Å². The summed E-state index contributed by atoms with van der Waals surface area (Å²) in [4.78, 5) is 0. The van der Waals surface area contributed by atoms with Crippen molar-refractivity contribution in [2.45, 2.75) is 45.1 Å². The van der Waals surface area contributed by atoms with Gasteiger partial charge in [0.1, 0.15) is 0 Å². The van der Waals surface area contributed by atoms with Gasteiger partial charge < -0.3 is 10.6 Å². The molecule has 2 unspecified atom stereocenters. The fourth-order valence-electron chi connectivity index (χ4n) is 2.13. The molecule has 1 rings (SSSR count). The monoisotopic (exact) mass is 200 g/mol. The molecule has 2 atom stereocenters. The van der Waals surface area contributed by atoms with E-state index >= 15 is 0 Å². The Bertz CT molecular complexity index is 170. The summed E-state index contributed by atoms with van der Waals surface area (Å²) in [6.45, 7) is 2.27. The second-order valence-electron chi connectivity index (χ2n) is 3.78. The lowest BCUT2D eigenvalue weighted by molar-refractivity contribution is 0.280. The summed E-state index contributed by atoms with van der Waals surface area (Å²) < 4.78 is 0. The van der Waals surface area contributed by atoms with Gasteiger partial charge >= 0.3 is 0 Å². The van der Waals surface area contributed by atoms with Crippen LogP contribution in [-0.4, -0.2) is 18.2 Å². The van der Waals surface area contributed by atoms with Crippen molar-refractivity contribution >= 4 is 17.3 Å². The van der Waals surface area contributed by atoms with Gasteiger partial charge in [0, 0.05) is 13.1 Å². The summed E-state index contributed by atoms with van der Waals surface area (Å²) in [7, 11) is 1.87. The minimum Gasteiger partial charge on any atom is -0.366 e. The Morgan fingerprint density at radius 1 is 1.38 bits per heavy atom. The highest BCUT2D eigenvalue weighted by Crippen LogP contribution is 2.26. The maximum Gasteiger partial charge on any atom is 0.166 e. The smallest absolute Gasteiger partial charge is 0.166 e. The predicted molar refractivity (Wildman–Crippen MR) is 60.8 cm³/mol. The van der Waals surface area contributed by atoms with Crippen molar-refractivity contribution in [2.75, 3.05) is 7.05 Å². The van der Waals surface area contributed by atoms with E-state index in [2.05, 4.69) is 17.6 Å². The average Bonchev–Trinajstić information content (AvgIpc) is 2.18. The third-order valence-electron chi connectivity index (χ3n) is 2.98. The van der Waals surface area contributed by atoms with Gasteiger partial charge in [-0.15, -0.1) is 0 Å². The maximum atomic E-state index is 5.11. The normalized spacial score (nSPS) is 28.2. The van der Waals surface area contributed by atoms with Crippen LogP contribution in [0.5, 0.6) is 0 Å². The van der Waals surface area contributed by atoms with Crippen LogP contribution in [0.4, 0.5) is 0 Å². The molecule has 1 fully saturated rings. The summed E-state index contributed by atoms with van der Waals surface area (Å²) in [6, 6.07) is 0.610. The molecule has 1 aliphatic rings. The summed E-state index contributed by atoms with van der Waals surface area (Å²) in [5, 5.41) is 7.16. The van der Waals surface area contributed by atoms with Gasteiger partial charge in [-0.2, -0.15) is 0 Å². The summed E-state index contributed by atoms with van der Waals surface area (Å²) in [5.41, 5.74) is 0. The van der Waals surface area contributed by atoms with E-state index in [4.69, 9.17) is 12.2 Å². The van der Waals surface area contributed by atoms with E-state index in [1.165, 1.54) is 32.1 Å². The van der Waals surface area contributed by atoms with Crippen LogP contribution in [0.15, 0.2) is 0 Å². The highest BCUT2D eigenvalue weighted by molar-refractivity contribution is 7.80. The molecule has 0 bridgehead atoms. The molecular formula is C10H20N2S. The molecule has 0 heterocycles. The lowest BCUT2D eigenvalue weighted by atomic mass is 9.83. The van der Waals surface area contributed by atoms with Gasteiger partial charge in [-0.05, 0) is 31.0 Å². The summed E-state index contributed by atoms with van der Waals surface area (Å²) >= 11 is 5.11. The minimum atomic E-state index is 0.610. The molecular weight excluding hydrogens is 180 g/mol.